The van der Waals surface area contributed by atoms with Gasteiger partial charge < -0.3 is 10.0 Å². The molecule has 13 heteroatoms. The third-order valence-corrected chi connectivity index (χ3v) is 8.09. The third kappa shape index (κ3) is 3.66. The van der Waals surface area contributed by atoms with E-state index < -0.39 is 22.0 Å². The molecule has 3 aromatic rings. The van der Waals surface area contributed by atoms with Crippen molar-refractivity contribution in [1.29, 1.82) is 0 Å². The third-order valence-electron chi connectivity index (χ3n) is 4.51. The number of aliphatic carboxylic acids is 1. The highest BCUT2D eigenvalue weighted by atomic mass is 79.9. The Kier molecular flexibility index (Phi) is 5.14. The van der Waals surface area contributed by atoms with E-state index in [9.17, 15) is 23.1 Å². The molecule has 152 valence electrons. The number of nitrogens with zero attached hydrogens (tertiary/aromatic N) is 4. The van der Waals surface area contributed by atoms with Crippen LogP contribution in [0.3, 0.4) is 0 Å². The van der Waals surface area contributed by atoms with Gasteiger partial charge in [0.05, 0.1) is 11.1 Å². The highest BCUT2D eigenvalue weighted by molar-refractivity contribution is 9.10. The number of rotatable bonds is 4. The molecule has 0 aliphatic carbocycles. The first-order valence-corrected chi connectivity index (χ1v) is 11.4. The summed E-state index contributed by atoms with van der Waals surface area (Å²) in [6, 6.07) is 4.74. The van der Waals surface area contributed by atoms with Crippen LogP contribution in [0.5, 0.6) is 0 Å². The molecule has 0 amide bonds. The van der Waals surface area contributed by atoms with Crippen molar-refractivity contribution in [2.75, 3.05) is 24.5 Å². The Morgan fingerprint density at radius 3 is 2.66 bits per heavy atom. The number of hydrogen-bond acceptors (Lipinski definition) is 8. The predicted molar refractivity (Wildman–Crippen MR) is 110 cm³/mol. The van der Waals surface area contributed by atoms with Gasteiger partial charge in [0.25, 0.3) is 5.56 Å². The van der Waals surface area contributed by atoms with Crippen molar-refractivity contribution in [2.24, 2.45) is 0 Å². The molecule has 4 rings (SSSR count). The first-order valence-electron chi connectivity index (χ1n) is 8.37. The van der Waals surface area contributed by atoms with Gasteiger partial charge in [0.15, 0.2) is 5.13 Å². The van der Waals surface area contributed by atoms with E-state index in [2.05, 4.69) is 31.1 Å². The number of halogens is 1. The van der Waals surface area contributed by atoms with Crippen LogP contribution in [0.4, 0.5) is 5.13 Å². The second kappa shape index (κ2) is 7.48. The molecule has 1 saturated heterocycles. The number of H-pyrrole nitrogens is 1. The molecule has 0 saturated carbocycles. The molecule has 2 aromatic heterocycles. The molecule has 1 fully saturated rings. The fourth-order valence-electron chi connectivity index (χ4n) is 3.08. The van der Waals surface area contributed by atoms with Crippen molar-refractivity contribution in [3.05, 3.63) is 45.3 Å². The number of piperazine rings is 1. The zero-order chi connectivity index (χ0) is 20.8. The van der Waals surface area contributed by atoms with Crippen molar-refractivity contribution in [2.45, 2.75) is 10.9 Å². The highest BCUT2D eigenvalue weighted by Crippen LogP contribution is 2.30. The molecule has 1 aliphatic heterocycles. The van der Waals surface area contributed by atoms with Gasteiger partial charge >= 0.3 is 5.97 Å². The van der Waals surface area contributed by atoms with Crippen LogP contribution in [0.25, 0.3) is 10.2 Å². The Balaban J connectivity index is 1.65. The summed E-state index contributed by atoms with van der Waals surface area (Å²) in [7, 11) is -3.99. The Morgan fingerprint density at radius 1 is 1.28 bits per heavy atom. The average molecular weight is 500 g/mol. The molecule has 0 unspecified atom stereocenters. The molecule has 3 heterocycles. The van der Waals surface area contributed by atoms with Crippen LogP contribution in [0, 0.1) is 0 Å². The van der Waals surface area contributed by atoms with Crippen LogP contribution in [0.1, 0.15) is 0 Å². The maximum Gasteiger partial charge on any atom is 0.323 e. The quantitative estimate of drug-likeness (QED) is 0.544. The number of carbonyl (C=O) groups is 1. The van der Waals surface area contributed by atoms with Gasteiger partial charge in [-0.2, -0.15) is 9.40 Å². The van der Waals surface area contributed by atoms with Crippen molar-refractivity contribution in [3.63, 3.8) is 0 Å². The molecular formula is C16H14BrN5O5S2. The first-order chi connectivity index (χ1) is 13.8. The van der Waals surface area contributed by atoms with E-state index >= 15 is 0 Å². The number of aromatic nitrogens is 3. The van der Waals surface area contributed by atoms with Gasteiger partial charge in [-0.25, -0.2) is 18.5 Å². The van der Waals surface area contributed by atoms with Gasteiger partial charge in [-0.1, -0.05) is 27.3 Å². The van der Waals surface area contributed by atoms with E-state index in [1.165, 1.54) is 18.3 Å². The minimum atomic E-state index is -3.99. The number of carboxylic acid groups (broad SMARTS) is 1. The lowest BCUT2D eigenvalue weighted by Crippen LogP contribution is -2.58. The number of anilines is 1. The SMILES string of the molecule is O=C(O)[C@H]1CN(c2nc3cn[nH]c(=O)c3s2)CCN1S(=O)(=O)c1ccc(Br)cc1. The molecule has 1 aromatic carbocycles. The number of thiazole rings is 1. The van der Waals surface area contributed by atoms with Gasteiger partial charge in [0.1, 0.15) is 16.3 Å². The maximum absolute atomic E-state index is 13.0. The summed E-state index contributed by atoms with van der Waals surface area (Å²) in [5.41, 5.74) is 0.0306. The molecule has 0 spiro atoms. The van der Waals surface area contributed by atoms with E-state index in [0.717, 1.165) is 20.1 Å². The summed E-state index contributed by atoms with van der Waals surface area (Å²) in [6.45, 7) is 0.126. The summed E-state index contributed by atoms with van der Waals surface area (Å²) >= 11 is 4.37. The lowest BCUT2D eigenvalue weighted by molar-refractivity contribution is -0.141. The largest absolute Gasteiger partial charge is 0.480 e. The van der Waals surface area contributed by atoms with E-state index in [4.69, 9.17) is 0 Å². The van der Waals surface area contributed by atoms with Crippen LogP contribution in [0.2, 0.25) is 0 Å². The van der Waals surface area contributed by atoms with Crippen molar-refractivity contribution >= 4 is 58.6 Å². The monoisotopic (exact) mass is 499 g/mol. The normalized spacial score (nSPS) is 18.2. The molecule has 2 N–H and O–H groups in total. The molecular weight excluding hydrogens is 486 g/mol. The second-order valence-electron chi connectivity index (χ2n) is 6.28. The number of aromatic amines is 1. The maximum atomic E-state index is 13.0. The Morgan fingerprint density at radius 2 is 2.00 bits per heavy atom. The Bertz CT molecular complexity index is 1240. The van der Waals surface area contributed by atoms with E-state index in [0.29, 0.717) is 15.3 Å². The van der Waals surface area contributed by atoms with E-state index in [1.54, 1.807) is 17.0 Å². The first kappa shape index (κ1) is 19.9. The molecule has 0 radical (unpaired) electrons. The smallest absolute Gasteiger partial charge is 0.323 e. The number of hydrogen-bond donors (Lipinski definition) is 2. The minimum Gasteiger partial charge on any atom is -0.480 e. The summed E-state index contributed by atoms with van der Waals surface area (Å²) < 4.78 is 28.1. The van der Waals surface area contributed by atoms with Crippen LogP contribution < -0.4 is 10.5 Å². The second-order valence-corrected chi connectivity index (χ2v) is 10.1. The number of fused-ring (bicyclic) bond motifs is 1. The lowest BCUT2D eigenvalue weighted by Gasteiger charge is -2.38. The average Bonchev–Trinajstić information content (AvgIpc) is 3.13. The van der Waals surface area contributed by atoms with Gasteiger partial charge in [0, 0.05) is 24.1 Å². The van der Waals surface area contributed by atoms with Gasteiger partial charge in [-0.3, -0.25) is 9.59 Å². The Labute approximate surface area is 177 Å². The molecule has 10 nitrogen and oxygen atoms in total. The topological polar surface area (TPSA) is 137 Å². The zero-order valence-corrected chi connectivity index (χ0v) is 17.9. The molecule has 1 atom stereocenters. The summed E-state index contributed by atoms with van der Waals surface area (Å²) in [5.74, 6) is -1.25. The summed E-state index contributed by atoms with van der Waals surface area (Å²) in [5, 5.41) is 16.2. The van der Waals surface area contributed by atoms with E-state index in [1.807, 2.05) is 0 Å². The molecule has 1 aliphatic rings. The van der Waals surface area contributed by atoms with Crippen molar-refractivity contribution < 1.29 is 18.3 Å². The van der Waals surface area contributed by atoms with Crippen LogP contribution in [0.15, 0.2) is 44.6 Å². The fourth-order valence-corrected chi connectivity index (χ4v) is 5.87. The van der Waals surface area contributed by atoms with Gasteiger partial charge in [0.2, 0.25) is 10.0 Å². The Hall–Kier alpha value is -2.35. The van der Waals surface area contributed by atoms with Gasteiger partial charge in [-0.05, 0) is 24.3 Å². The number of nitrogens with one attached hydrogen (secondary N) is 1. The molecule has 0 bridgehead atoms. The number of benzene rings is 1. The predicted octanol–water partition coefficient (Wildman–Crippen LogP) is 1.11. The number of carboxylic acids is 1. The number of sulfonamides is 1. The lowest BCUT2D eigenvalue weighted by atomic mass is 10.2. The van der Waals surface area contributed by atoms with Crippen LogP contribution in [-0.2, 0) is 14.8 Å². The van der Waals surface area contributed by atoms with E-state index in [-0.39, 0.29) is 30.1 Å². The fraction of sp³-hybridized carbons (Fsp3) is 0.250. The van der Waals surface area contributed by atoms with Crippen molar-refractivity contribution in [3.8, 4) is 0 Å². The minimum absolute atomic E-state index is 0.0259. The van der Waals surface area contributed by atoms with Crippen LogP contribution >= 0.6 is 27.3 Å². The van der Waals surface area contributed by atoms with Gasteiger partial charge in [-0.15, -0.1) is 0 Å². The van der Waals surface area contributed by atoms with Crippen LogP contribution in [-0.4, -0.2) is 64.7 Å². The summed E-state index contributed by atoms with van der Waals surface area (Å²) in [4.78, 5) is 29.8. The highest BCUT2D eigenvalue weighted by Gasteiger charge is 2.41. The molecule has 29 heavy (non-hydrogen) atoms. The standard InChI is InChI=1S/C16H14BrN5O5S2/c17-9-1-3-10(4-2-9)29(26,27)22-6-5-21(8-12(22)15(24)25)16-19-11-7-18-20-14(23)13(11)28-16/h1-4,7,12H,5-6,8H2,(H,20,23)(H,24,25)/t12-/m1/s1. The van der Waals surface area contributed by atoms with Crippen molar-refractivity contribution in [1.82, 2.24) is 19.5 Å². The summed E-state index contributed by atoms with van der Waals surface area (Å²) in [6.07, 6.45) is 1.42. The zero-order valence-electron chi connectivity index (χ0n) is 14.6.